The summed E-state index contributed by atoms with van der Waals surface area (Å²) in [5, 5.41) is 14.9. The van der Waals surface area contributed by atoms with Gasteiger partial charge in [0, 0.05) is 0 Å². The number of hydrogen-bond donors (Lipinski definition) is 1. The van der Waals surface area contributed by atoms with Crippen LogP contribution in [-0.4, -0.2) is 17.0 Å². The van der Waals surface area contributed by atoms with E-state index >= 15 is 0 Å². The van der Waals surface area contributed by atoms with Crippen molar-refractivity contribution in [2.24, 2.45) is 5.10 Å². The lowest BCUT2D eigenvalue weighted by Gasteiger charge is -2.00. The zero-order valence-electron chi connectivity index (χ0n) is 14.0. The fraction of sp³-hybridized carbons (Fsp3) is 0.0526. The van der Waals surface area contributed by atoms with E-state index < -0.39 is 16.4 Å². The average molecular weight is 367 g/mol. The van der Waals surface area contributed by atoms with Crippen molar-refractivity contribution in [1.82, 2.24) is 5.43 Å². The van der Waals surface area contributed by atoms with E-state index in [1.54, 1.807) is 0 Å². The van der Waals surface area contributed by atoms with Gasteiger partial charge in [-0.1, -0.05) is 30.3 Å². The maximum absolute atomic E-state index is 13.2. The first-order valence-electron chi connectivity index (χ1n) is 7.93. The molecule has 0 aliphatic carbocycles. The van der Waals surface area contributed by atoms with Crippen LogP contribution in [0.5, 0.6) is 0 Å². The third-order valence-electron chi connectivity index (χ3n) is 3.64. The van der Waals surface area contributed by atoms with Gasteiger partial charge in [-0.3, -0.25) is 14.9 Å². The second-order valence-corrected chi connectivity index (χ2v) is 5.58. The molecule has 0 aliphatic rings. The number of nitrogens with one attached hydrogen (secondary N) is 1. The van der Waals surface area contributed by atoms with Gasteiger partial charge in [-0.2, -0.15) is 5.10 Å². The molecule has 0 saturated carbocycles. The molecule has 0 saturated heterocycles. The van der Waals surface area contributed by atoms with Crippen molar-refractivity contribution in [2.75, 3.05) is 0 Å². The number of carbonyl (C=O) groups excluding carboxylic acids is 1. The van der Waals surface area contributed by atoms with Crippen LogP contribution in [0.15, 0.2) is 70.2 Å². The molecule has 3 rings (SSSR count). The molecular formula is C19H14FN3O4. The summed E-state index contributed by atoms with van der Waals surface area (Å²) in [5.41, 5.74) is 2.98. The first-order valence-corrected chi connectivity index (χ1v) is 7.93. The maximum atomic E-state index is 13.2. The first-order chi connectivity index (χ1) is 13.0. The van der Waals surface area contributed by atoms with E-state index in [1.807, 2.05) is 30.3 Å². The van der Waals surface area contributed by atoms with Crippen molar-refractivity contribution in [1.29, 1.82) is 0 Å². The normalized spacial score (nSPS) is 10.9. The number of hydrazone groups is 1. The van der Waals surface area contributed by atoms with E-state index in [-0.39, 0.29) is 29.4 Å². The number of benzene rings is 2. The van der Waals surface area contributed by atoms with Gasteiger partial charge in [-0.25, -0.2) is 9.82 Å². The highest BCUT2D eigenvalue weighted by atomic mass is 19.1. The molecule has 3 aromatic rings. The van der Waals surface area contributed by atoms with Gasteiger partial charge in [-0.05, 0) is 29.8 Å². The molecule has 7 nitrogen and oxygen atoms in total. The van der Waals surface area contributed by atoms with Crippen LogP contribution in [-0.2, 0) is 11.2 Å². The van der Waals surface area contributed by atoms with Crippen molar-refractivity contribution in [3.05, 3.63) is 87.9 Å². The molecule has 136 valence electrons. The summed E-state index contributed by atoms with van der Waals surface area (Å²) >= 11 is 0. The quantitative estimate of drug-likeness (QED) is 0.408. The Hall–Kier alpha value is -3.81. The Labute approximate surface area is 153 Å². The highest BCUT2D eigenvalue weighted by Gasteiger charge is 2.19. The van der Waals surface area contributed by atoms with Crippen LogP contribution in [0, 0.1) is 15.9 Å². The first kappa shape index (κ1) is 18.0. The lowest BCUT2D eigenvalue weighted by atomic mass is 10.1. The van der Waals surface area contributed by atoms with Crippen molar-refractivity contribution >= 4 is 17.8 Å². The number of nitrogens with zero attached hydrogens (tertiary/aromatic N) is 2. The van der Waals surface area contributed by atoms with Gasteiger partial charge >= 0.3 is 0 Å². The van der Waals surface area contributed by atoms with Crippen molar-refractivity contribution in [3.8, 4) is 11.3 Å². The van der Waals surface area contributed by atoms with Crippen LogP contribution < -0.4 is 5.43 Å². The number of amides is 1. The molecule has 27 heavy (non-hydrogen) atoms. The number of carbonyl (C=O) groups is 1. The number of hydrogen-bond acceptors (Lipinski definition) is 5. The molecule has 0 unspecified atom stereocenters. The molecule has 0 aliphatic heterocycles. The minimum Gasteiger partial charge on any atom is -0.455 e. The van der Waals surface area contributed by atoms with E-state index in [1.165, 1.54) is 24.4 Å². The van der Waals surface area contributed by atoms with Crippen molar-refractivity contribution in [3.63, 3.8) is 0 Å². The number of nitro groups is 1. The lowest BCUT2D eigenvalue weighted by molar-refractivity contribution is -0.384. The fourth-order valence-electron chi connectivity index (χ4n) is 2.42. The number of nitro benzene ring substituents is 1. The van der Waals surface area contributed by atoms with Gasteiger partial charge in [0.15, 0.2) is 0 Å². The molecule has 1 amide bonds. The van der Waals surface area contributed by atoms with E-state index in [4.69, 9.17) is 4.42 Å². The topological polar surface area (TPSA) is 97.7 Å². The minimum atomic E-state index is -0.708. The lowest BCUT2D eigenvalue weighted by Crippen LogP contribution is -2.19. The molecule has 0 radical (unpaired) electrons. The van der Waals surface area contributed by atoms with Gasteiger partial charge in [0.25, 0.3) is 5.69 Å². The predicted molar refractivity (Wildman–Crippen MR) is 96.6 cm³/mol. The Bertz CT molecular complexity index is 999. The third-order valence-corrected chi connectivity index (χ3v) is 3.64. The van der Waals surface area contributed by atoms with E-state index in [2.05, 4.69) is 10.5 Å². The summed E-state index contributed by atoms with van der Waals surface area (Å²) in [5.74, 6) is -0.527. The Morgan fingerprint density at radius 1 is 1.19 bits per heavy atom. The van der Waals surface area contributed by atoms with Gasteiger partial charge in [-0.15, -0.1) is 0 Å². The highest BCUT2D eigenvalue weighted by molar-refractivity contribution is 5.82. The molecule has 0 bridgehead atoms. The Balaban J connectivity index is 1.67. The van der Waals surface area contributed by atoms with Crippen LogP contribution in [0.25, 0.3) is 11.3 Å². The number of halogens is 1. The smallest absolute Gasteiger partial charge is 0.283 e. The summed E-state index contributed by atoms with van der Waals surface area (Å²) in [6, 6.07) is 15.5. The highest BCUT2D eigenvalue weighted by Crippen LogP contribution is 2.31. The minimum absolute atomic E-state index is 0.147. The molecule has 1 aromatic heterocycles. The number of rotatable bonds is 6. The summed E-state index contributed by atoms with van der Waals surface area (Å²) in [6.45, 7) is 0. The molecule has 8 heteroatoms. The van der Waals surface area contributed by atoms with Crippen LogP contribution >= 0.6 is 0 Å². The summed E-state index contributed by atoms with van der Waals surface area (Å²) < 4.78 is 18.7. The molecule has 1 N–H and O–H groups in total. The molecule has 0 spiro atoms. The van der Waals surface area contributed by atoms with Gasteiger partial charge in [0.05, 0.1) is 29.2 Å². The zero-order valence-corrected chi connectivity index (χ0v) is 14.0. The fourth-order valence-corrected chi connectivity index (χ4v) is 2.42. The van der Waals surface area contributed by atoms with Gasteiger partial charge in [0.2, 0.25) is 5.91 Å². The summed E-state index contributed by atoms with van der Waals surface area (Å²) in [6.07, 6.45) is 1.46. The van der Waals surface area contributed by atoms with E-state index in [0.29, 0.717) is 0 Å². The van der Waals surface area contributed by atoms with Crippen LogP contribution in [0.3, 0.4) is 0 Å². The maximum Gasteiger partial charge on any atom is 0.283 e. The second kappa shape index (κ2) is 8.05. The molecule has 0 fully saturated rings. The Morgan fingerprint density at radius 2 is 1.96 bits per heavy atom. The van der Waals surface area contributed by atoms with Gasteiger partial charge in [0.1, 0.15) is 17.3 Å². The number of furan rings is 1. The van der Waals surface area contributed by atoms with E-state index in [0.717, 1.165) is 17.7 Å². The summed E-state index contributed by atoms with van der Waals surface area (Å²) in [7, 11) is 0. The molecule has 0 atom stereocenters. The largest absolute Gasteiger partial charge is 0.455 e. The molecule has 2 aromatic carbocycles. The average Bonchev–Trinajstić information content (AvgIpc) is 3.11. The van der Waals surface area contributed by atoms with Crippen LogP contribution in [0.2, 0.25) is 0 Å². The monoisotopic (exact) mass is 367 g/mol. The Morgan fingerprint density at radius 3 is 2.70 bits per heavy atom. The predicted octanol–water partition coefficient (Wildman–Crippen LogP) is 3.69. The van der Waals surface area contributed by atoms with Crippen LogP contribution in [0.1, 0.15) is 11.3 Å². The summed E-state index contributed by atoms with van der Waals surface area (Å²) in [4.78, 5) is 22.2. The second-order valence-electron chi connectivity index (χ2n) is 5.58. The zero-order chi connectivity index (χ0) is 19.2. The Kier molecular flexibility index (Phi) is 5.36. The van der Waals surface area contributed by atoms with Crippen molar-refractivity contribution in [2.45, 2.75) is 6.42 Å². The molecule has 1 heterocycles. The van der Waals surface area contributed by atoms with Crippen LogP contribution in [0.4, 0.5) is 10.1 Å². The third kappa shape index (κ3) is 4.63. The van der Waals surface area contributed by atoms with Crippen molar-refractivity contribution < 1.29 is 18.5 Å². The van der Waals surface area contributed by atoms with E-state index in [9.17, 15) is 19.3 Å². The molecular weight excluding hydrogens is 353 g/mol. The standard InChI is InChI=1S/C19H14FN3O4/c20-14-6-8-16(17(11-14)23(25)26)18-9-7-15(27-18)12-21-22-19(24)10-13-4-2-1-3-5-13/h1-9,11-12H,10H2,(H,22,24)/b21-12-. The SMILES string of the molecule is O=C(Cc1ccccc1)N/N=C\c1ccc(-c2ccc(F)cc2[N+](=O)[O-])o1. The van der Waals surface area contributed by atoms with Gasteiger partial charge < -0.3 is 4.42 Å².